The largest absolute Gasteiger partial charge is 0.508 e. The molecule has 14 heavy (non-hydrogen) atoms. The summed E-state index contributed by atoms with van der Waals surface area (Å²) in [4.78, 5) is 21.4. The molecule has 0 aliphatic heterocycles. The minimum Gasteiger partial charge on any atom is -0.459 e. The third-order valence-corrected chi connectivity index (χ3v) is 1.19. The van der Waals surface area contributed by atoms with Crippen molar-refractivity contribution in [3.63, 3.8) is 0 Å². The summed E-state index contributed by atoms with van der Waals surface area (Å²) in [5.74, 6) is -0.552. The standard InChI is InChI=1S/C9H14O5/c1-4-8(10)13-6-7(3)14-9(11)12-5-2/h4,7H,1,5-6H2,2-3H3. The summed E-state index contributed by atoms with van der Waals surface area (Å²) in [7, 11) is 0. The van der Waals surface area contributed by atoms with Crippen LogP contribution in [-0.4, -0.2) is 31.4 Å². The van der Waals surface area contributed by atoms with Crippen LogP contribution in [0.2, 0.25) is 0 Å². The Labute approximate surface area is 82.6 Å². The molecule has 0 fully saturated rings. The van der Waals surface area contributed by atoms with Gasteiger partial charge in [0.2, 0.25) is 0 Å². The molecule has 0 aromatic heterocycles. The molecular formula is C9H14O5. The third kappa shape index (κ3) is 6.05. The summed E-state index contributed by atoms with van der Waals surface area (Å²) in [6.45, 7) is 6.72. The van der Waals surface area contributed by atoms with Crippen LogP contribution in [-0.2, 0) is 19.0 Å². The number of rotatable bonds is 5. The third-order valence-electron chi connectivity index (χ3n) is 1.19. The van der Waals surface area contributed by atoms with E-state index in [1.54, 1.807) is 13.8 Å². The Balaban J connectivity index is 3.64. The topological polar surface area (TPSA) is 61.8 Å². The smallest absolute Gasteiger partial charge is 0.459 e. The number of carbonyl (C=O) groups is 2. The van der Waals surface area contributed by atoms with Crippen LogP contribution in [0.4, 0.5) is 4.79 Å². The van der Waals surface area contributed by atoms with Crippen LogP contribution in [0.5, 0.6) is 0 Å². The van der Waals surface area contributed by atoms with Crippen LogP contribution in [0.1, 0.15) is 13.8 Å². The van der Waals surface area contributed by atoms with Gasteiger partial charge in [0.25, 0.3) is 0 Å². The molecule has 0 aromatic carbocycles. The number of hydrogen-bond acceptors (Lipinski definition) is 5. The predicted octanol–water partition coefficient (Wildman–Crippen LogP) is 1.28. The van der Waals surface area contributed by atoms with Crippen LogP contribution in [0.15, 0.2) is 12.7 Å². The fraction of sp³-hybridized carbons (Fsp3) is 0.556. The molecule has 0 bridgehead atoms. The van der Waals surface area contributed by atoms with Gasteiger partial charge >= 0.3 is 12.1 Å². The monoisotopic (exact) mass is 202 g/mol. The van der Waals surface area contributed by atoms with E-state index < -0.39 is 18.2 Å². The quantitative estimate of drug-likeness (QED) is 0.496. The van der Waals surface area contributed by atoms with E-state index in [-0.39, 0.29) is 13.2 Å². The molecule has 0 amide bonds. The highest BCUT2D eigenvalue weighted by Gasteiger charge is 2.11. The summed E-state index contributed by atoms with van der Waals surface area (Å²) < 4.78 is 13.9. The molecule has 1 unspecified atom stereocenters. The lowest BCUT2D eigenvalue weighted by Gasteiger charge is -2.11. The molecule has 0 rings (SSSR count). The number of hydrogen-bond donors (Lipinski definition) is 0. The van der Waals surface area contributed by atoms with Crippen LogP contribution in [0, 0.1) is 0 Å². The first kappa shape index (κ1) is 12.5. The minimum absolute atomic E-state index is 0.0103. The van der Waals surface area contributed by atoms with Gasteiger partial charge < -0.3 is 14.2 Å². The summed E-state index contributed by atoms with van der Waals surface area (Å²) >= 11 is 0. The van der Waals surface area contributed by atoms with E-state index in [1.165, 1.54) is 0 Å². The van der Waals surface area contributed by atoms with Crippen LogP contribution >= 0.6 is 0 Å². The molecule has 5 nitrogen and oxygen atoms in total. The number of carbonyl (C=O) groups excluding carboxylic acids is 2. The van der Waals surface area contributed by atoms with Crippen LogP contribution in [0.3, 0.4) is 0 Å². The lowest BCUT2D eigenvalue weighted by Crippen LogP contribution is -2.22. The van der Waals surface area contributed by atoms with Crippen LogP contribution < -0.4 is 0 Å². The maximum Gasteiger partial charge on any atom is 0.508 e. The Morgan fingerprint density at radius 1 is 1.43 bits per heavy atom. The first-order valence-electron chi connectivity index (χ1n) is 4.22. The van der Waals surface area contributed by atoms with Crippen molar-refractivity contribution in [2.45, 2.75) is 20.0 Å². The minimum atomic E-state index is -0.769. The summed E-state index contributed by atoms with van der Waals surface area (Å²) in [6, 6.07) is 0. The Kier molecular flexibility index (Phi) is 6.19. The Bertz CT molecular complexity index is 211. The average Bonchev–Trinajstić information content (AvgIpc) is 2.14. The normalized spacial score (nSPS) is 11.3. The Morgan fingerprint density at radius 2 is 2.07 bits per heavy atom. The van der Waals surface area contributed by atoms with Gasteiger partial charge in [-0.3, -0.25) is 0 Å². The highest BCUT2D eigenvalue weighted by Crippen LogP contribution is 1.96. The summed E-state index contributed by atoms with van der Waals surface area (Å²) in [5, 5.41) is 0. The van der Waals surface area contributed by atoms with Gasteiger partial charge in [0, 0.05) is 6.08 Å². The van der Waals surface area contributed by atoms with Crippen molar-refractivity contribution in [2.75, 3.05) is 13.2 Å². The zero-order chi connectivity index (χ0) is 11.0. The van der Waals surface area contributed by atoms with E-state index in [0.717, 1.165) is 6.08 Å². The molecule has 0 aromatic rings. The van der Waals surface area contributed by atoms with E-state index in [9.17, 15) is 9.59 Å². The lowest BCUT2D eigenvalue weighted by atomic mass is 10.4. The molecule has 0 spiro atoms. The molecule has 0 radical (unpaired) electrons. The average molecular weight is 202 g/mol. The van der Waals surface area contributed by atoms with Gasteiger partial charge in [-0.15, -0.1) is 0 Å². The molecule has 80 valence electrons. The maximum atomic E-state index is 10.8. The van der Waals surface area contributed by atoms with Crippen LogP contribution in [0.25, 0.3) is 0 Å². The molecule has 0 heterocycles. The molecular weight excluding hydrogens is 188 g/mol. The second-order valence-corrected chi connectivity index (χ2v) is 2.45. The molecule has 0 saturated heterocycles. The number of esters is 1. The van der Waals surface area contributed by atoms with Gasteiger partial charge in [-0.25, -0.2) is 9.59 Å². The van der Waals surface area contributed by atoms with E-state index in [1.807, 2.05) is 0 Å². The molecule has 0 aliphatic rings. The summed E-state index contributed by atoms with van der Waals surface area (Å²) in [5.41, 5.74) is 0. The van der Waals surface area contributed by atoms with Crippen molar-refractivity contribution >= 4 is 12.1 Å². The first-order chi connectivity index (χ1) is 6.60. The second-order valence-electron chi connectivity index (χ2n) is 2.45. The van der Waals surface area contributed by atoms with Crippen molar-refractivity contribution in [3.05, 3.63) is 12.7 Å². The van der Waals surface area contributed by atoms with Gasteiger partial charge in [-0.2, -0.15) is 0 Å². The lowest BCUT2D eigenvalue weighted by molar-refractivity contribution is -0.140. The van der Waals surface area contributed by atoms with E-state index in [0.29, 0.717) is 0 Å². The fourth-order valence-electron chi connectivity index (χ4n) is 0.609. The zero-order valence-electron chi connectivity index (χ0n) is 8.32. The van der Waals surface area contributed by atoms with Crippen molar-refractivity contribution in [1.82, 2.24) is 0 Å². The fourth-order valence-corrected chi connectivity index (χ4v) is 0.609. The highest BCUT2D eigenvalue weighted by atomic mass is 16.7. The highest BCUT2D eigenvalue weighted by molar-refractivity contribution is 5.81. The van der Waals surface area contributed by atoms with E-state index in [4.69, 9.17) is 4.74 Å². The van der Waals surface area contributed by atoms with Crippen molar-refractivity contribution in [3.8, 4) is 0 Å². The molecule has 0 aliphatic carbocycles. The van der Waals surface area contributed by atoms with Gasteiger partial charge in [0.15, 0.2) is 0 Å². The zero-order valence-corrected chi connectivity index (χ0v) is 8.32. The second kappa shape index (κ2) is 6.94. The Morgan fingerprint density at radius 3 is 2.57 bits per heavy atom. The molecule has 0 N–H and O–H groups in total. The first-order valence-corrected chi connectivity index (χ1v) is 4.22. The van der Waals surface area contributed by atoms with E-state index >= 15 is 0 Å². The molecule has 5 heteroatoms. The SMILES string of the molecule is C=CC(=O)OCC(C)OC(=O)OCC. The van der Waals surface area contributed by atoms with Gasteiger partial charge in [0.1, 0.15) is 12.7 Å². The Hall–Kier alpha value is -1.52. The van der Waals surface area contributed by atoms with Gasteiger partial charge in [-0.05, 0) is 13.8 Å². The molecule has 1 atom stereocenters. The predicted molar refractivity (Wildman–Crippen MR) is 48.7 cm³/mol. The van der Waals surface area contributed by atoms with Gasteiger partial charge in [0.05, 0.1) is 6.61 Å². The van der Waals surface area contributed by atoms with Crippen molar-refractivity contribution in [1.29, 1.82) is 0 Å². The van der Waals surface area contributed by atoms with Crippen molar-refractivity contribution in [2.24, 2.45) is 0 Å². The van der Waals surface area contributed by atoms with Gasteiger partial charge in [-0.1, -0.05) is 6.58 Å². The van der Waals surface area contributed by atoms with Crippen molar-refractivity contribution < 1.29 is 23.8 Å². The molecule has 0 saturated carbocycles. The maximum absolute atomic E-state index is 10.8. The number of ether oxygens (including phenoxy) is 3. The summed E-state index contributed by atoms with van der Waals surface area (Å²) in [6.07, 6.45) is -0.260. The van der Waals surface area contributed by atoms with E-state index in [2.05, 4.69) is 16.1 Å².